The van der Waals surface area contributed by atoms with E-state index in [1.165, 1.54) is 11.1 Å². The lowest BCUT2D eigenvalue weighted by Gasteiger charge is -1.92. The molecule has 0 aliphatic rings. The average molecular weight is 147 g/mol. The summed E-state index contributed by atoms with van der Waals surface area (Å²) in [5.74, 6) is 0. The Morgan fingerprint density at radius 2 is 1.91 bits per heavy atom. The van der Waals surface area contributed by atoms with Crippen LogP contribution in [0.1, 0.15) is 18.1 Å². The van der Waals surface area contributed by atoms with Gasteiger partial charge in [-0.3, -0.25) is 4.99 Å². The van der Waals surface area contributed by atoms with E-state index in [9.17, 15) is 0 Å². The van der Waals surface area contributed by atoms with Crippen molar-refractivity contribution in [2.24, 2.45) is 4.99 Å². The highest BCUT2D eigenvalue weighted by molar-refractivity contribution is 5.79. The molecule has 0 fully saturated rings. The Hall–Kier alpha value is -1.11. The van der Waals surface area contributed by atoms with Crippen molar-refractivity contribution < 1.29 is 0 Å². The number of aryl methyl sites for hydroxylation is 1. The normalized spacial score (nSPS) is 10.7. The smallest absolute Gasteiger partial charge is 0.0361 e. The zero-order chi connectivity index (χ0) is 8.10. The van der Waals surface area contributed by atoms with Gasteiger partial charge in [-0.15, -0.1) is 0 Å². The maximum Gasteiger partial charge on any atom is 0.0361 e. The predicted molar refractivity (Wildman–Crippen MR) is 49.3 cm³/mol. The van der Waals surface area contributed by atoms with E-state index in [4.69, 9.17) is 0 Å². The molecule has 1 aromatic rings. The minimum atomic E-state index is 0.855. The van der Waals surface area contributed by atoms with Crippen molar-refractivity contribution in [1.82, 2.24) is 0 Å². The second-order valence-electron chi connectivity index (χ2n) is 2.54. The van der Waals surface area contributed by atoms with Crippen molar-refractivity contribution in [3.8, 4) is 0 Å². The predicted octanol–water partition coefficient (Wildman–Crippen LogP) is 2.43. The van der Waals surface area contributed by atoms with Crippen molar-refractivity contribution in [3.63, 3.8) is 0 Å². The van der Waals surface area contributed by atoms with Gasteiger partial charge in [0.05, 0.1) is 0 Å². The first-order valence-corrected chi connectivity index (χ1v) is 3.89. The largest absolute Gasteiger partial charge is 0.293 e. The van der Waals surface area contributed by atoms with E-state index in [-0.39, 0.29) is 0 Å². The maximum atomic E-state index is 4.15. The summed E-state index contributed by atoms with van der Waals surface area (Å²) < 4.78 is 0. The molecule has 0 aliphatic heterocycles. The van der Waals surface area contributed by atoms with Gasteiger partial charge in [-0.05, 0) is 19.4 Å². The van der Waals surface area contributed by atoms with Gasteiger partial charge in [0.25, 0.3) is 0 Å². The molecule has 0 saturated carbocycles. The van der Waals surface area contributed by atoms with E-state index >= 15 is 0 Å². The van der Waals surface area contributed by atoms with Crippen molar-refractivity contribution in [1.29, 1.82) is 0 Å². The van der Waals surface area contributed by atoms with Gasteiger partial charge in [-0.25, -0.2) is 0 Å². The lowest BCUT2D eigenvalue weighted by molar-refractivity contribution is 1.14. The molecule has 1 rings (SSSR count). The van der Waals surface area contributed by atoms with Gasteiger partial charge in [0.15, 0.2) is 0 Å². The van der Waals surface area contributed by atoms with Crippen LogP contribution in [-0.4, -0.2) is 12.8 Å². The Bertz CT molecular complexity index is 234. The minimum absolute atomic E-state index is 0.855. The first kappa shape index (κ1) is 7.99. The molecule has 58 valence electrons. The molecule has 1 heteroatoms. The van der Waals surface area contributed by atoms with Crippen LogP contribution in [0.2, 0.25) is 0 Å². The topological polar surface area (TPSA) is 12.4 Å². The molecule has 0 atom stereocenters. The van der Waals surface area contributed by atoms with Crippen LogP contribution in [0.4, 0.5) is 0 Å². The Morgan fingerprint density at radius 1 is 1.27 bits per heavy atom. The Balaban J connectivity index is 2.73. The van der Waals surface area contributed by atoms with E-state index in [1.807, 2.05) is 13.1 Å². The Morgan fingerprint density at radius 3 is 2.45 bits per heavy atom. The third-order valence-electron chi connectivity index (χ3n) is 1.50. The summed E-state index contributed by atoms with van der Waals surface area (Å²) in [5, 5.41) is 0. The molecule has 1 aromatic carbocycles. The molecular weight excluding hydrogens is 134 g/mol. The second kappa shape index (κ2) is 3.91. The van der Waals surface area contributed by atoms with Gasteiger partial charge < -0.3 is 0 Å². The number of hydrogen-bond donors (Lipinski definition) is 0. The summed E-state index contributed by atoms with van der Waals surface area (Å²) in [6, 6.07) is 8.34. The van der Waals surface area contributed by atoms with Crippen molar-refractivity contribution >= 4 is 6.21 Å². The molecule has 0 radical (unpaired) electrons. The van der Waals surface area contributed by atoms with Crippen LogP contribution >= 0.6 is 0 Å². The molecule has 0 saturated heterocycles. The molecule has 0 unspecified atom stereocenters. The standard InChI is InChI=1S/C10H13N/c1-3-11-8-10-6-4-9(2)5-7-10/h4-8H,3H2,1-2H3. The molecule has 0 aromatic heterocycles. The molecule has 0 spiro atoms. The van der Waals surface area contributed by atoms with Gasteiger partial charge in [0.1, 0.15) is 0 Å². The third kappa shape index (κ3) is 2.54. The van der Waals surface area contributed by atoms with Crippen LogP contribution in [0.5, 0.6) is 0 Å². The van der Waals surface area contributed by atoms with Crippen LogP contribution in [0, 0.1) is 6.92 Å². The van der Waals surface area contributed by atoms with Crippen molar-refractivity contribution in [2.45, 2.75) is 13.8 Å². The molecule has 11 heavy (non-hydrogen) atoms. The van der Waals surface area contributed by atoms with Gasteiger partial charge in [-0.2, -0.15) is 0 Å². The van der Waals surface area contributed by atoms with Gasteiger partial charge in [-0.1, -0.05) is 29.8 Å². The van der Waals surface area contributed by atoms with Crippen LogP contribution in [0.3, 0.4) is 0 Å². The number of nitrogens with zero attached hydrogens (tertiary/aromatic N) is 1. The monoisotopic (exact) mass is 147 g/mol. The molecule has 1 nitrogen and oxygen atoms in total. The van der Waals surface area contributed by atoms with E-state index in [0.29, 0.717) is 0 Å². The van der Waals surface area contributed by atoms with E-state index in [2.05, 4.69) is 36.2 Å². The van der Waals surface area contributed by atoms with Crippen LogP contribution in [0.15, 0.2) is 29.3 Å². The van der Waals surface area contributed by atoms with Crippen molar-refractivity contribution in [2.75, 3.05) is 6.54 Å². The van der Waals surface area contributed by atoms with Gasteiger partial charge in [0, 0.05) is 12.8 Å². The lowest BCUT2D eigenvalue weighted by atomic mass is 10.2. The first-order chi connectivity index (χ1) is 5.33. The molecule has 0 aliphatic carbocycles. The molecule has 0 heterocycles. The SMILES string of the molecule is CCN=Cc1ccc(C)cc1. The molecule has 0 N–H and O–H groups in total. The molecule has 0 amide bonds. The summed E-state index contributed by atoms with van der Waals surface area (Å²) in [6.07, 6.45) is 1.90. The number of benzene rings is 1. The molecule has 0 bridgehead atoms. The highest BCUT2D eigenvalue weighted by Gasteiger charge is 1.84. The fourth-order valence-corrected chi connectivity index (χ4v) is 0.849. The second-order valence-corrected chi connectivity index (χ2v) is 2.54. The van der Waals surface area contributed by atoms with E-state index < -0.39 is 0 Å². The van der Waals surface area contributed by atoms with Crippen LogP contribution < -0.4 is 0 Å². The fraction of sp³-hybridized carbons (Fsp3) is 0.300. The van der Waals surface area contributed by atoms with Gasteiger partial charge in [0.2, 0.25) is 0 Å². The number of rotatable bonds is 2. The first-order valence-electron chi connectivity index (χ1n) is 3.89. The third-order valence-corrected chi connectivity index (χ3v) is 1.50. The highest BCUT2D eigenvalue weighted by atomic mass is 14.7. The summed E-state index contributed by atoms with van der Waals surface area (Å²) >= 11 is 0. The quantitative estimate of drug-likeness (QED) is 0.570. The van der Waals surface area contributed by atoms with Crippen LogP contribution in [-0.2, 0) is 0 Å². The van der Waals surface area contributed by atoms with E-state index in [0.717, 1.165) is 6.54 Å². The van der Waals surface area contributed by atoms with Crippen LogP contribution in [0.25, 0.3) is 0 Å². The highest BCUT2D eigenvalue weighted by Crippen LogP contribution is 1.99. The molecular formula is C10H13N. The summed E-state index contributed by atoms with van der Waals surface area (Å²) in [6.45, 7) is 4.97. The zero-order valence-electron chi connectivity index (χ0n) is 7.04. The number of hydrogen-bond acceptors (Lipinski definition) is 1. The number of aliphatic imine (C=N–C) groups is 1. The fourth-order valence-electron chi connectivity index (χ4n) is 0.849. The summed E-state index contributed by atoms with van der Waals surface area (Å²) in [4.78, 5) is 4.15. The summed E-state index contributed by atoms with van der Waals surface area (Å²) in [5.41, 5.74) is 2.47. The Labute approximate surface area is 67.8 Å². The average Bonchev–Trinajstić information content (AvgIpc) is 2.04. The Kier molecular flexibility index (Phi) is 2.84. The van der Waals surface area contributed by atoms with Gasteiger partial charge >= 0.3 is 0 Å². The lowest BCUT2D eigenvalue weighted by Crippen LogP contribution is -1.81. The van der Waals surface area contributed by atoms with Crippen molar-refractivity contribution in [3.05, 3.63) is 35.4 Å². The minimum Gasteiger partial charge on any atom is -0.293 e. The summed E-state index contributed by atoms with van der Waals surface area (Å²) in [7, 11) is 0. The zero-order valence-corrected chi connectivity index (χ0v) is 7.04. The van der Waals surface area contributed by atoms with E-state index in [1.54, 1.807) is 0 Å². The maximum absolute atomic E-state index is 4.15.